The Morgan fingerprint density at radius 2 is 2.16 bits per heavy atom. The van der Waals surface area contributed by atoms with Crippen LogP contribution in [0.3, 0.4) is 0 Å². The van der Waals surface area contributed by atoms with Crippen molar-refractivity contribution in [2.45, 2.75) is 45.2 Å². The summed E-state index contributed by atoms with van der Waals surface area (Å²) in [5.41, 5.74) is 1.40. The quantitative estimate of drug-likeness (QED) is 0.838. The van der Waals surface area contributed by atoms with Crippen molar-refractivity contribution in [3.63, 3.8) is 0 Å². The van der Waals surface area contributed by atoms with E-state index < -0.39 is 0 Å². The van der Waals surface area contributed by atoms with Crippen LogP contribution in [-0.2, 0) is 9.59 Å². The van der Waals surface area contributed by atoms with Crippen LogP contribution in [0.1, 0.15) is 33.1 Å². The van der Waals surface area contributed by atoms with Crippen molar-refractivity contribution in [3.05, 3.63) is 11.6 Å². The summed E-state index contributed by atoms with van der Waals surface area (Å²) in [6.07, 6.45) is 4.64. The lowest BCUT2D eigenvalue weighted by Gasteiger charge is -2.41. The van der Waals surface area contributed by atoms with Crippen molar-refractivity contribution >= 4 is 23.4 Å². The molecule has 1 aliphatic heterocycles. The zero-order chi connectivity index (χ0) is 14.0. The van der Waals surface area contributed by atoms with Crippen molar-refractivity contribution < 1.29 is 9.59 Å². The van der Waals surface area contributed by atoms with Crippen LogP contribution in [0.4, 0.5) is 0 Å². The normalized spacial score (nSPS) is 29.7. The van der Waals surface area contributed by atoms with Crippen LogP contribution in [0.15, 0.2) is 11.6 Å². The van der Waals surface area contributed by atoms with Gasteiger partial charge in [-0.3, -0.25) is 9.59 Å². The monoisotopic (exact) mass is 284 g/mol. The smallest absolute Gasteiger partial charge is 0.246 e. The molecule has 0 aromatic heterocycles. The van der Waals surface area contributed by atoms with Crippen LogP contribution in [0.5, 0.6) is 0 Å². The maximum Gasteiger partial charge on any atom is 0.246 e. The molecule has 2 amide bonds. The molecular weight excluding hydrogens is 264 g/mol. The first-order valence-electron chi connectivity index (χ1n) is 6.96. The minimum atomic E-state index is -0.375. The second-order valence-corrected chi connectivity index (χ2v) is 5.76. The van der Waals surface area contributed by atoms with Gasteiger partial charge in [-0.25, -0.2) is 0 Å². The molecule has 3 unspecified atom stereocenters. The molecule has 0 bridgehead atoms. The lowest BCUT2D eigenvalue weighted by atomic mass is 9.92. The van der Waals surface area contributed by atoms with E-state index in [1.165, 1.54) is 5.54 Å². The van der Waals surface area contributed by atoms with Gasteiger partial charge in [0, 0.05) is 12.1 Å². The molecule has 2 fully saturated rings. The van der Waals surface area contributed by atoms with Gasteiger partial charge in [-0.05, 0) is 24.7 Å². The summed E-state index contributed by atoms with van der Waals surface area (Å²) in [4.78, 5) is 26.5. The van der Waals surface area contributed by atoms with Gasteiger partial charge in [-0.2, -0.15) is 0 Å². The van der Waals surface area contributed by atoms with E-state index in [2.05, 4.69) is 5.32 Å². The van der Waals surface area contributed by atoms with E-state index in [0.717, 1.165) is 19.3 Å². The van der Waals surface area contributed by atoms with Gasteiger partial charge in [0.1, 0.15) is 12.1 Å². The first-order chi connectivity index (χ1) is 9.10. The highest BCUT2D eigenvalue weighted by atomic mass is 35.5. The minimum absolute atomic E-state index is 0.0196. The Kier molecular flexibility index (Phi) is 4.50. The van der Waals surface area contributed by atoms with Crippen LogP contribution in [-0.4, -0.2) is 35.3 Å². The summed E-state index contributed by atoms with van der Waals surface area (Å²) in [7, 11) is 0. The SMILES string of the molecule is CCC(C)C1C(=O)NC(C2CC2)C(=O)N1C/C=C/Cl. The maximum atomic E-state index is 12.5. The molecule has 0 radical (unpaired) electrons. The number of carbonyl (C=O) groups is 2. The van der Waals surface area contributed by atoms with E-state index in [1.807, 2.05) is 13.8 Å². The molecule has 1 N–H and O–H groups in total. The van der Waals surface area contributed by atoms with Gasteiger partial charge in [0.15, 0.2) is 0 Å². The minimum Gasteiger partial charge on any atom is -0.342 e. The molecule has 106 valence electrons. The van der Waals surface area contributed by atoms with E-state index in [-0.39, 0.29) is 29.8 Å². The molecule has 1 saturated heterocycles. The average Bonchev–Trinajstić information content (AvgIpc) is 3.22. The summed E-state index contributed by atoms with van der Waals surface area (Å²) >= 11 is 5.56. The molecule has 1 saturated carbocycles. The van der Waals surface area contributed by atoms with Crippen molar-refractivity contribution in [3.8, 4) is 0 Å². The van der Waals surface area contributed by atoms with Gasteiger partial charge in [0.2, 0.25) is 11.8 Å². The summed E-state index contributed by atoms with van der Waals surface area (Å²) in [5, 5.41) is 2.91. The van der Waals surface area contributed by atoms with Crippen molar-refractivity contribution in [2.24, 2.45) is 11.8 Å². The first-order valence-corrected chi connectivity index (χ1v) is 7.39. The second kappa shape index (κ2) is 5.95. The molecule has 0 aromatic carbocycles. The van der Waals surface area contributed by atoms with Crippen LogP contribution >= 0.6 is 11.6 Å². The van der Waals surface area contributed by atoms with Crippen molar-refractivity contribution in [1.82, 2.24) is 10.2 Å². The second-order valence-electron chi connectivity index (χ2n) is 5.51. The van der Waals surface area contributed by atoms with E-state index in [1.54, 1.807) is 11.0 Å². The third-order valence-electron chi connectivity index (χ3n) is 4.12. The summed E-state index contributed by atoms with van der Waals surface area (Å²) in [6.45, 7) is 4.45. The van der Waals surface area contributed by atoms with Gasteiger partial charge in [-0.15, -0.1) is 0 Å². The van der Waals surface area contributed by atoms with E-state index in [4.69, 9.17) is 11.6 Å². The molecule has 0 spiro atoms. The fourth-order valence-corrected chi connectivity index (χ4v) is 2.73. The van der Waals surface area contributed by atoms with E-state index >= 15 is 0 Å². The number of rotatable bonds is 5. The molecule has 1 heterocycles. The number of hydrogen-bond donors (Lipinski definition) is 1. The van der Waals surface area contributed by atoms with Gasteiger partial charge in [-0.1, -0.05) is 37.9 Å². The third kappa shape index (κ3) is 2.94. The van der Waals surface area contributed by atoms with Gasteiger partial charge < -0.3 is 10.2 Å². The fraction of sp³-hybridized carbons (Fsp3) is 0.714. The number of nitrogens with one attached hydrogen (secondary N) is 1. The summed E-state index contributed by atoms with van der Waals surface area (Å²) in [5.74, 6) is 0.501. The van der Waals surface area contributed by atoms with Crippen LogP contribution < -0.4 is 5.32 Å². The number of carbonyl (C=O) groups excluding carboxylic acids is 2. The van der Waals surface area contributed by atoms with Crippen LogP contribution in [0.25, 0.3) is 0 Å². The van der Waals surface area contributed by atoms with Gasteiger partial charge >= 0.3 is 0 Å². The lowest BCUT2D eigenvalue weighted by Crippen LogP contribution is -2.65. The number of hydrogen-bond acceptors (Lipinski definition) is 2. The average molecular weight is 285 g/mol. The van der Waals surface area contributed by atoms with Gasteiger partial charge in [0.25, 0.3) is 0 Å². The summed E-state index contributed by atoms with van der Waals surface area (Å²) in [6, 6.07) is -0.697. The standard InChI is InChI=1S/C14H21ClN2O2/c1-3-9(2)12-13(18)16-11(10-5-6-10)14(19)17(12)8-4-7-15/h4,7,9-12H,3,5-6,8H2,1-2H3,(H,16,18)/b7-4+. The van der Waals surface area contributed by atoms with Crippen molar-refractivity contribution in [1.29, 1.82) is 0 Å². The lowest BCUT2D eigenvalue weighted by molar-refractivity contribution is -0.151. The van der Waals surface area contributed by atoms with Crippen LogP contribution in [0.2, 0.25) is 0 Å². The molecular formula is C14H21ClN2O2. The molecule has 19 heavy (non-hydrogen) atoms. The Hall–Kier alpha value is -1.03. The maximum absolute atomic E-state index is 12.5. The predicted octanol–water partition coefficient (Wildman–Crippen LogP) is 1.89. The number of piperazine rings is 1. The van der Waals surface area contributed by atoms with Gasteiger partial charge in [0.05, 0.1) is 0 Å². The fourth-order valence-electron chi connectivity index (χ4n) is 2.65. The number of amides is 2. The summed E-state index contributed by atoms with van der Waals surface area (Å²) < 4.78 is 0. The number of halogens is 1. The predicted molar refractivity (Wildman–Crippen MR) is 74.6 cm³/mol. The highest BCUT2D eigenvalue weighted by molar-refractivity contribution is 6.25. The largest absolute Gasteiger partial charge is 0.342 e. The molecule has 4 nitrogen and oxygen atoms in total. The van der Waals surface area contributed by atoms with E-state index in [9.17, 15) is 9.59 Å². The third-order valence-corrected chi connectivity index (χ3v) is 4.30. The number of nitrogens with zero attached hydrogens (tertiary/aromatic N) is 1. The molecule has 0 aromatic rings. The Morgan fingerprint density at radius 1 is 1.47 bits per heavy atom. The highest BCUT2D eigenvalue weighted by Crippen LogP contribution is 2.35. The van der Waals surface area contributed by atoms with Crippen LogP contribution in [0, 0.1) is 11.8 Å². The Morgan fingerprint density at radius 3 is 2.68 bits per heavy atom. The zero-order valence-electron chi connectivity index (χ0n) is 11.4. The Bertz CT molecular complexity index is 393. The topological polar surface area (TPSA) is 49.4 Å². The molecule has 2 rings (SSSR count). The highest BCUT2D eigenvalue weighted by Gasteiger charge is 2.47. The molecule has 2 aliphatic rings. The molecule has 1 aliphatic carbocycles. The van der Waals surface area contributed by atoms with E-state index in [0.29, 0.717) is 12.5 Å². The Labute approximate surface area is 119 Å². The Balaban J connectivity index is 2.20. The first kappa shape index (κ1) is 14.4. The van der Waals surface area contributed by atoms with Crippen molar-refractivity contribution in [2.75, 3.05) is 6.54 Å². The molecule has 5 heteroatoms. The zero-order valence-corrected chi connectivity index (χ0v) is 12.2. The molecule has 3 atom stereocenters.